The van der Waals surface area contributed by atoms with E-state index >= 15 is 0 Å². The predicted octanol–water partition coefficient (Wildman–Crippen LogP) is 5.40. The molecule has 0 aliphatic rings. The number of hydrogen-bond acceptors (Lipinski definition) is 5. The topological polar surface area (TPSA) is 84.8 Å². The average Bonchev–Trinajstić information content (AvgIpc) is 2.94. The summed E-state index contributed by atoms with van der Waals surface area (Å²) in [6, 6.07) is 30.6. The standard InChI is InChI=1S/C31H30N2O4S/c1-22-18-20-26(21-19-22)38(35,36)33-29(27-17-11-10-12-23(27)2)30(31(34)37-3)32-28(24-13-6-4-7-14-24)25-15-8-5-9-16-25/h4-21,29-30,33H,1-3H3/t29-,30-/m0/s1. The second kappa shape index (κ2) is 12.0. The minimum Gasteiger partial charge on any atom is -0.467 e. The van der Waals surface area contributed by atoms with E-state index in [1.807, 2.05) is 92.7 Å². The van der Waals surface area contributed by atoms with Crippen molar-refractivity contribution in [2.24, 2.45) is 4.99 Å². The SMILES string of the molecule is COC(=O)[C@@H](N=C(c1ccccc1)c1ccccc1)[C@@H](NS(=O)(=O)c1ccc(C)cc1)c1ccccc1C. The van der Waals surface area contributed by atoms with E-state index in [0.29, 0.717) is 11.3 Å². The van der Waals surface area contributed by atoms with Crippen LogP contribution in [0.25, 0.3) is 0 Å². The minimum absolute atomic E-state index is 0.0978. The first-order valence-corrected chi connectivity index (χ1v) is 13.7. The van der Waals surface area contributed by atoms with E-state index in [1.54, 1.807) is 30.3 Å². The molecule has 0 saturated heterocycles. The molecule has 7 heteroatoms. The van der Waals surface area contributed by atoms with Gasteiger partial charge in [0.1, 0.15) is 0 Å². The number of aliphatic imine (C=N–C) groups is 1. The van der Waals surface area contributed by atoms with Gasteiger partial charge in [0.15, 0.2) is 6.04 Å². The molecule has 0 fully saturated rings. The number of carbonyl (C=O) groups is 1. The van der Waals surface area contributed by atoms with E-state index < -0.39 is 28.1 Å². The highest BCUT2D eigenvalue weighted by atomic mass is 32.2. The summed E-state index contributed by atoms with van der Waals surface area (Å²) in [6.45, 7) is 3.76. The molecule has 0 saturated carbocycles. The van der Waals surface area contributed by atoms with E-state index in [-0.39, 0.29) is 4.90 Å². The van der Waals surface area contributed by atoms with Crippen LogP contribution in [0.2, 0.25) is 0 Å². The first kappa shape index (κ1) is 27.0. The van der Waals surface area contributed by atoms with Gasteiger partial charge in [-0.2, -0.15) is 0 Å². The van der Waals surface area contributed by atoms with Crippen LogP contribution in [-0.4, -0.2) is 33.3 Å². The Morgan fingerprint density at radius 3 is 1.82 bits per heavy atom. The molecule has 194 valence electrons. The molecule has 0 radical (unpaired) electrons. The van der Waals surface area contributed by atoms with Crippen LogP contribution in [0.5, 0.6) is 0 Å². The van der Waals surface area contributed by atoms with Crippen molar-refractivity contribution in [3.63, 3.8) is 0 Å². The molecule has 0 aromatic heterocycles. The van der Waals surface area contributed by atoms with Gasteiger partial charge in [0.05, 0.1) is 23.8 Å². The summed E-state index contributed by atoms with van der Waals surface area (Å²) in [6.07, 6.45) is 0. The Hall–Kier alpha value is -4.07. The van der Waals surface area contributed by atoms with Crippen molar-refractivity contribution in [2.75, 3.05) is 7.11 Å². The molecule has 1 N–H and O–H groups in total. The Labute approximate surface area is 224 Å². The quantitative estimate of drug-likeness (QED) is 0.234. The highest BCUT2D eigenvalue weighted by Crippen LogP contribution is 2.28. The number of rotatable bonds is 9. The fourth-order valence-electron chi connectivity index (χ4n) is 4.22. The van der Waals surface area contributed by atoms with Gasteiger partial charge in [-0.3, -0.25) is 4.99 Å². The van der Waals surface area contributed by atoms with Crippen LogP contribution in [0.3, 0.4) is 0 Å². The Morgan fingerprint density at radius 1 is 0.763 bits per heavy atom. The second-order valence-corrected chi connectivity index (χ2v) is 10.7. The van der Waals surface area contributed by atoms with Crippen molar-refractivity contribution in [1.29, 1.82) is 0 Å². The molecule has 4 aromatic carbocycles. The van der Waals surface area contributed by atoms with Crippen LogP contribution < -0.4 is 4.72 Å². The van der Waals surface area contributed by atoms with Gasteiger partial charge in [-0.15, -0.1) is 0 Å². The molecule has 0 bridgehead atoms. The maximum absolute atomic E-state index is 13.6. The lowest BCUT2D eigenvalue weighted by Crippen LogP contribution is -2.41. The van der Waals surface area contributed by atoms with Gasteiger partial charge < -0.3 is 4.74 Å². The van der Waals surface area contributed by atoms with Crippen molar-refractivity contribution < 1.29 is 17.9 Å². The Kier molecular flexibility index (Phi) is 8.51. The van der Waals surface area contributed by atoms with Crippen LogP contribution in [0.4, 0.5) is 0 Å². The lowest BCUT2D eigenvalue weighted by Gasteiger charge is -2.26. The summed E-state index contributed by atoms with van der Waals surface area (Å²) in [5.74, 6) is -0.658. The molecule has 6 nitrogen and oxygen atoms in total. The Morgan fingerprint density at radius 2 is 1.29 bits per heavy atom. The molecule has 0 aliphatic heterocycles. The van der Waals surface area contributed by atoms with Crippen LogP contribution in [0.1, 0.15) is 33.9 Å². The van der Waals surface area contributed by atoms with E-state index in [1.165, 1.54) is 7.11 Å². The van der Waals surface area contributed by atoms with Gasteiger partial charge >= 0.3 is 5.97 Å². The first-order chi connectivity index (χ1) is 18.3. The van der Waals surface area contributed by atoms with Crippen molar-refractivity contribution in [2.45, 2.75) is 30.8 Å². The van der Waals surface area contributed by atoms with Gasteiger partial charge in [-0.1, -0.05) is 103 Å². The van der Waals surface area contributed by atoms with E-state index in [2.05, 4.69) is 4.72 Å². The van der Waals surface area contributed by atoms with Crippen molar-refractivity contribution >= 4 is 21.7 Å². The molecule has 0 heterocycles. The number of nitrogens with zero attached hydrogens (tertiary/aromatic N) is 1. The molecule has 4 rings (SSSR count). The van der Waals surface area contributed by atoms with Gasteiger partial charge in [-0.05, 0) is 37.1 Å². The lowest BCUT2D eigenvalue weighted by atomic mass is 9.95. The number of esters is 1. The number of ether oxygens (including phenoxy) is 1. The molecular weight excluding hydrogens is 496 g/mol. The molecule has 0 spiro atoms. The fourth-order valence-corrected chi connectivity index (χ4v) is 5.44. The van der Waals surface area contributed by atoms with Crippen LogP contribution in [-0.2, 0) is 19.6 Å². The number of sulfonamides is 1. The highest BCUT2D eigenvalue weighted by Gasteiger charge is 2.35. The third-order valence-electron chi connectivity index (χ3n) is 6.26. The average molecular weight is 527 g/mol. The third kappa shape index (κ3) is 6.25. The zero-order valence-corrected chi connectivity index (χ0v) is 22.4. The van der Waals surface area contributed by atoms with E-state index in [9.17, 15) is 13.2 Å². The maximum atomic E-state index is 13.6. The monoisotopic (exact) mass is 526 g/mol. The van der Waals surface area contributed by atoms with Gasteiger partial charge in [0.25, 0.3) is 0 Å². The summed E-state index contributed by atoms with van der Waals surface area (Å²) < 4.78 is 35.1. The Balaban J connectivity index is 1.91. The highest BCUT2D eigenvalue weighted by molar-refractivity contribution is 7.89. The van der Waals surface area contributed by atoms with Gasteiger partial charge in [0, 0.05) is 11.1 Å². The third-order valence-corrected chi connectivity index (χ3v) is 7.71. The normalized spacial score (nSPS) is 12.8. The van der Waals surface area contributed by atoms with Crippen molar-refractivity contribution in [3.8, 4) is 0 Å². The summed E-state index contributed by atoms with van der Waals surface area (Å²) in [5.41, 5.74) is 4.51. The molecule has 0 unspecified atom stereocenters. The Bertz CT molecular complexity index is 1480. The number of methoxy groups -OCH3 is 1. The van der Waals surface area contributed by atoms with Crippen molar-refractivity contribution in [3.05, 3.63) is 137 Å². The largest absolute Gasteiger partial charge is 0.467 e. The van der Waals surface area contributed by atoms with Crippen LogP contribution in [0.15, 0.2) is 119 Å². The van der Waals surface area contributed by atoms with Gasteiger partial charge in [0.2, 0.25) is 10.0 Å². The summed E-state index contributed by atoms with van der Waals surface area (Å²) >= 11 is 0. The molecule has 0 amide bonds. The number of carbonyl (C=O) groups excluding carboxylic acids is 1. The smallest absolute Gasteiger partial charge is 0.332 e. The zero-order chi connectivity index (χ0) is 27.1. The molecule has 0 aliphatic carbocycles. The number of hydrogen-bond donors (Lipinski definition) is 1. The van der Waals surface area contributed by atoms with Crippen molar-refractivity contribution in [1.82, 2.24) is 4.72 Å². The maximum Gasteiger partial charge on any atom is 0.332 e. The lowest BCUT2D eigenvalue weighted by molar-refractivity contribution is -0.142. The fraction of sp³-hybridized carbons (Fsp3) is 0.161. The van der Waals surface area contributed by atoms with Gasteiger partial charge in [-0.25, -0.2) is 17.9 Å². The molecule has 4 aromatic rings. The molecular formula is C31H30N2O4S. The summed E-state index contributed by atoms with van der Waals surface area (Å²) in [7, 11) is -2.74. The molecule has 2 atom stereocenters. The number of nitrogens with one attached hydrogen (secondary N) is 1. The number of benzene rings is 4. The minimum atomic E-state index is -4.02. The van der Waals surface area contributed by atoms with E-state index in [4.69, 9.17) is 9.73 Å². The summed E-state index contributed by atoms with van der Waals surface area (Å²) in [5, 5.41) is 0. The second-order valence-electron chi connectivity index (χ2n) is 8.95. The first-order valence-electron chi connectivity index (χ1n) is 12.2. The predicted molar refractivity (Wildman–Crippen MR) is 150 cm³/mol. The van der Waals surface area contributed by atoms with E-state index in [0.717, 1.165) is 22.3 Å². The van der Waals surface area contributed by atoms with Crippen LogP contribution >= 0.6 is 0 Å². The number of aryl methyl sites for hydroxylation is 2. The van der Waals surface area contributed by atoms with Crippen LogP contribution in [0, 0.1) is 13.8 Å². The summed E-state index contributed by atoms with van der Waals surface area (Å²) in [4.78, 5) is 18.3. The molecule has 38 heavy (non-hydrogen) atoms. The zero-order valence-electron chi connectivity index (χ0n) is 21.5.